The molecule has 0 bridgehead atoms. The van der Waals surface area contributed by atoms with Crippen LogP contribution in [0.5, 0.6) is 11.5 Å². The monoisotopic (exact) mass is 956 g/mol. The van der Waals surface area contributed by atoms with E-state index >= 15 is 0 Å². The van der Waals surface area contributed by atoms with Gasteiger partial charge in [0.1, 0.15) is 70.2 Å². The first-order valence-electron chi connectivity index (χ1n) is 20.8. The van der Waals surface area contributed by atoms with Crippen molar-refractivity contribution in [3.63, 3.8) is 0 Å². The first-order chi connectivity index (χ1) is 30.4. The summed E-state index contributed by atoms with van der Waals surface area (Å²) in [7, 11) is 0. The number of imidazole rings is 2. The van der Waals surface area contributed by atoms with Crippen LogP contribution in [0.15, 0.2) is 53.3 Å². The lowest BCUT2D eigenvalue weighted by Crippen LogP contribution is -2.38. The molecule has 6 heterocycles. The molecule has 4 amide bonds. The van der Waals surface area contributed by atoms with Crippen LogP contribution in [0.1, 0.15) is 80.9 Å². The van der Waals surface area contributed by atoms with Gasteiger partial charge >= 0.3 is 12.2 Å². The van der Waals surface area contributed by atoms with Gasteiger partial charge in [-0.1, -0.05) is 33.7 Å². The third-order valence-corrected chi connectivity index (χ3v) is 10.6. The summed E-state index contributed by atoms with van der Waals surface area (Å²) >= 11 is 3.42. The minimum atomic E-state index is -1.32. The molecule has 0 aliphatic carbocycles. The number of primary amides is 2. The minimum absolute atomic E-state index is 0.0787. The Hall–Kier alpha value is -6.54. The Labute approximate surface area is 385 Å². The Morgan fingerprint density at radius 3 is 1.66 bits per heavy atom. The van der Waals surface area contributed by atoms with Gasteiger partial charge in [0.2, 0.25) is 0 Å². The van der Waals surface area contributed by atoms with Crippen LogP contribution in [-0.2, 0) is 22.6 Å². The zero-order valence-electron chi connectivity index (χ0n) is 37.1. The molecule has 0 saturated carbocycles. The number of ether oxygens (including phenoxy) is 4. The third kappa shape index (κ3) is 12.2. The molecule has 2 atom stereocenters. The van der Waals surface area contributed by atoms with Gasteiger partial charge in [0.15, 0.2) is 0 Å². The van der Waals surface area contributed by atoms with Gasteiger partial charge in [0.05, 0.1) is 37.3 Å². The predicted molar refractivity (Wildman–Crippen MR) is 242 cm³/mol. The number of hydrogen-bond donors (Lipinski definition) is 4. The van der Waals surface area contributed by atoms with Crippen LogP contribution in [0.2, 0.25) is 0 Å². The van der Waals surface area contributed by atoms with E-state index in [1.807, 2.05) is 27.3 Å². The molecule has 18 nitrogen and oxygen atoms in total. The molecule has 4 aliphatic rings. The largest absolute Gasteiger partial charge is 0.491 e. The fraction of sp³-hybridized carbons (Fsp3) is 0.435. The summed E-state index contributed by atoms with van der Waals surface area (Å²) in [6, 6.07) is 11.1. The molecular formula is C46H53BrN8O10. The Morgan fingerprint density at radius 1 is 0.738 bits per heavy atom. The number of aromatic nitrogens is 4. The quantitative estimate of drug-likeness (QED) is 0.202. The van der Waals surface area contributed by atoms with E-state index in [-0.39, 0.29) is 24.5 Å². The number of nitrogens with two attached hydrogens (primary N) is 2. The second kappa shape index (κ2) is 18.9. The van der Waals surface area contributed by atoms with Crippen molar-refractivity contribution in [2.24, 2.45) is 11.5 Å². The highest BCUT2D eigenvalue weighted by Gasteiger charge is 2.39. The molecule has 4 aromatic rings. The van der Waals surface area contributed by atoms with E-state index in [0.29, 0.717) is 80.8 Å². The van der Waals surface area contributed by atoms with E-state index < -0.39 is 46.4 Å². The summed E-state index contributed by atoms with van der Waals surface area (Å²) < 4.78 is 26.6. The molecule has 344 valence electrons. The number of β-amino-alcohol motifs (C(OH)–C–C–N with tert-alkyl or cyclic N) is 2. The number of amides is 4. The number of benzene rings is 2. The van der Waals surface area contributed by atoms with Gasteiger partial charge in [-0.25, -0.2) is 19.6 Å². The van der Waals surface area contributed by atoms with Crippen molar-refractivity contribution in [3.05, 3.63) is 70.2 Å². The van der Waals surface area contributed by atoms with Crippen molar-refractivity contribution in [2.75, 3.05) is 39.4 Å². The van der Waals surface area contributed by atoms with E-state index in [9.17, 15) is 29.4 Å². The number of nitrogens with zero attached hydrogens (tertiary/aromatic N) is 6. The molecule has 0 radical (unpaired) electrons. The number of fused-ring (bicyclic) bond motifs is 6. The number of carbonyl (C=O) groups is 4. The van der Waals surface area contributed by atoms with Crippen molar-refractivity contribution in [1.29, 1.82) is 0 Å². The number of likely N-dealkylation sites (tertiary alicyclic amines) is 2. The lowest BCUT2D eigenvalue weighted by atomic mass is 10.0. The summed E-state index contributed by atoms with van der Waals surface area (Å²) in [4.78, 5) is 58.1. The van der Waals surface area contributed by atoms with Crippen molar-refractivity contribution in [2.45, 2.75) is 89.9 Å². The molecule has 2 aromatic carbocycles. The van der Waals surface area contributed by atoms with Gasteiger partial charge in [-0.3, -0.25) is 9.59 Å². The fourth-order valence-electron chi connectivity index (χ4n) is 7.02. The van der Waals surface area contributed by atoms with Crippen molar-refractivity contribution in [3.8, 4) is 58.5 Å². The van der Waals surface area contributed by atoms with Crippen molar-refractivity contribution >= 4 is 39.9 Å². The molecule has 2 fully saturated rings. The first-order valence-corrected chi connectivity index (χ1v) is 21.6. The molecule has 6 N–H and O–H groups in total. The number of rotatable bonds is 2. The van der Waals surface area contributed by atoms with Gasteiger partial charge in [0, 0.05) is 48.4 Å². The van der Waals surface area contributed by atoms with Crippen LogP contribution >= 0.6 is 15.9 Å². The molecule has 4 aliphatic heterocycles. The Kier molecular flexibility index (Phi) is 13.9. The van der Waals surface area contributed by atoms with Crippen LogP contribution in [0, 0.1) is 24.2 Å². The lowest BCUT2D eigenvalue weighted by Gasteiger charge is -2.24. The van der Waals surface area contributed by atoms with Gasteiger partial charge in [-0.05, 0) is 77.9 Å². The van der Waals surface area contributed by atoms with E-state index in [1.165, 1.54) is 9.80 Å². The molecule has 8 rings (SSSR count). The molecule has 2 aromatic heterocycles. The Morgan fingerprint density at radius 2 is 1.20 bits per heavy atom. The Bertz CT molecular complexity index is 2590. The SMILES string of the molecule is C#CC1(O)CCN(C(=O)OC(C)(C)C)C1.CC(C)(C)OC(=O)N1CCC(O)(C#Cc2ccc3c(c2)-c2nc(C(N)=O)cn2CCO3)C1.NC(=O)c1cn2c(n1)-c1cc(Br)ccc1OCC2. The molecule has 65 heavy (non-hydrogen) atoms. The average molecular weight is 958 g/mol. The molecule has 0 spiro atoms. The number of halogens is 1. The van der Waals surface area contributed by atoms with Crippen LogP contribution in [-0.4, -0.2) is 125 Å². The van der Waals surface area contributed by atoms with Crippen LogP contribution in [0.25, 0.3) is 22.8 Å². The molecule has 2 unspecified atom stereocenters. The maximum Gasteiger partial charge on any atom is 0.410 e. The number of carbonyl (C=O) groups excluding carboxylic acids is 4. The van der Waals surface area contributed by atoms with Crippen molar-refractivity contribution in [1.82, 2.24) is 28.9 Å². The summed E-state index contributed by atoms with van der Waals surface area (Å²) in [5.74, 6) is 9.76. The second-order valence-electron chi connectivity index (χ2n) is 17.8. The number of terminal acetylenes is 1. The summed E-state index contributed by atoms with van der Waals surface area (Å²) in [6.45, 7) is 14.0. The Balaban J connectivity index is 0.000000179. The third-order valence-electron chi connectivity index (χ3n) is 10.1. The topological polar surface area (TPSA) is 240 Å². The highest BCUT2D eigenvalue weighted by molar-refractivity contribution is 9.10. The summed E-state index contributed by atoms with van der Waals surface area (Å²) in [5, 5.41) is 20.6. The number of hydrogen-bond acceptors (Lipinski definition) is 12. The van der Waals surface area contributed by atoms with E-state index in [4.69, 9.17) is 36.8 Å². The van der Waals surface area contributed by atoms with Crippen LogP contribution in [0.4, 0.5) is 9.59 Å². The van der Waals surface area contributed by atoms with Crippen molar-refractivity contribution < 1.29 is 48.3 Å². The van der Waals surface area contributed by atoms with Gasteiger partial charge < -0.3 is 59.6 Å². The maximum absolute atomic E-state index is 12.3. The number of aliphatic hydroxyl groups is 2. The maximum atomic E-state index is 12.3. The normalized spacial score (nSPS) is 19.4. The smallest absolute Gasteiger partial charge is 0.410 e. The standard InChI is InChI=1S/C23H26N4O5.C12H10BrN3O2.C11H17NO3/c1-22(2,3)32-21(29)27-9-8-23(30,14-27)7-6-15-4-5-18-16(12-15)20-25-17(19(24)28)13-26(20)10-11-31-18;13-7-1-2-10-8(5-7)12-15-9(11(14)17)6-16(12)3-4-18-10;1-5-11(14)6-7-12(8-11)9(13)15-10(2,3)4/h4-5,12-13,30H,8-11,14H2,1-3H3,(H2,24,28);1-2,5-6H,3-4H2,(H2,14,17);1,14H,6-8H2,2-4H3. The molecule has 19 heteroatoms. The van der Waals surface area contributed by atoms with Gasteiger partial charge in [-0.15, -0.1) is 6.42 Å². The first kappa shape index (κ1) is 47.9. The predicted octanol–water partition coefficient (Wildman–Crippen LogP) is 4.56. The van der Waals surface area contributed by atoms with Gasteiger partial charge in [0.25, 0.3) is 11.8 Å². The zero-order valence-corrected chi connectivity index (χ0v) is 38.7. The van der Waals surface area contributed by atoms with Crippen LogP contribution in [0.3, 0.4) is 0 Å². The average Bonchev–Trinajstić information content (AvgIpc) is 4.00. The van der Waals surface area contributed by atoms with Gasteiger partial charge in [-0.2, -0.15) is 0 Å². The highest BCUT2D eigenvalue weighted by atomic mass is 79.9. The van der Waals surface area contributed by atoms with Crippen LogP contribution < -0.4 is 20.9 Å². The van der Waals surface area contributed by atoms with E-state index in [0.717, 1.165) is 15.8 Å². The van der Waals surface area contributed by atoms with E-state index in [1.54, 1.807) is 72.1 Å². The highest BCUT2D eigenvalue weighted by Crippen LogP contribution is 2.35. The minimum Gasteiger partial charge on any atom is -0.491 e. The lowest BCUT2D eigenvalue weighted by molar-refractivity contribution is 0.0232. The zero-order chi connectivity index (χ0) is 47.5. The summed E-state index contributed by atoms with van der Waals surface area (Å²) in [5.41, 5.74) is 9.67. The molecule has 2 saturated heterocycles. The second-order valence-corrected chi connectivity index (χ2v) is 18.7. The summed E-state index contributed by atoms with van der Waals surface area (Å²) in [6.07, 6.45) is 8.31. The fourth-order valence-corrected chi connectivity index (χ4v) is 7.38. The molecular weight excluding hydrogens is 904 g/mol. The van der Waals surface area contributed by atoms with E-state index in [2.05, 4.69) is 43.7 Å².